The summed E-state index contributed by atoms with van der Waals surface area (Å²) in [5.74, 6) is 0.397. The Morgan fingerprint density at radius 2 is 1.95 bits per heavy atom. The molecule has 0 aliphatic carbocycles. The zero-order chi connectivity index (χ0) is 14.9. The van der Waals surface area contributed by atoms with Gasteiger partial charge in [-0.15, -0.1) is 5.10 Å². The summed E-state index contributed by atoms with van der Waals surface area (Å²) in [5, 5.41) is 7.38. The summed E-state index contributed by atoms with van der Waals surface area (Å²) in [7, 11) is 0. The van der Waals surface area contributed by atoms with Crippen molar-refractivity contribution in [1.29, 1.82) is 0 Å². The molecule has 0 atom stereocenters. The van der Waals surface area contributed by atoms with Crippen molar-refractivity contribution in [3.8, 4) is 11.1 Å². The minimum absolute atomic E-state index is 0.146. The van der Waals surface area contributed by atoms with Gasteiger partial charge in [-0.05, 0) is 23.8 Å². The first kappa shape index (κ1) is 12.3. The third kappa shape index (κ3) is 2.22. The SMILES string of the molecule is O=c1[nH]nc(N=C2N=c3ccc(-c4cccnc4)cc3=N2)[nH]1. The summed E-state index contributed by atoms with van der Waals surface area (Å²) >= 11 is 0. The van der Waals surface area contributed by atoms with E-state index in [1.54, 1.807) is 12.4 Å². The van der Waals surface area contributed by atoms with Crippen LogP contribution in [0.15, 0.2) is 62.5 Å². The van der Waals surface area contributed by atoms with Crippen molar-refractivity contribution >= 4 is 11.9 Å². The van der Waals surface area contributed by atoms with Crippen molar-refractivity contribution in [1.82, 2.24) is 20.2 Å². The van der Waals surface area contributed by atoms with Crippen LogP contribution in [0, 0.1) is 0 Å². The molecule has 22 heavy (non-hydrogen) atoms. The Morgan fingerprint density at radius 3 is 2.73 bits per heavy atom. The first-order chi connectivity index (χ1) is 10.8. The number of hydrogen-bond donors (Lipinski definition) is 2. The molecule has 0 unspecified atom stereocenters. The maximum Gasteiger partial charge on any atom is 0.342 e. The molecule has 2 N–H and O–H groups in total. The molecule has 1 aromatic carbocycles. The van der Waals surface area contributed by atoms with Gasteiger partial charge in [-0.3, -0.25) is 9.97 Å². The summed E-state index contributed by atoms with van der Waals surface area (Å²) < 4.78 is 0. The molecule has 8 nitrogen and oxygen atoms in total. The van der Waals surface area contributed by atoms with Crippen molar-refractivity contribution in [2.45, 2.75) is 0 Å². The minimum atomic E-state index is -0.422. The quantitative estimate of drug-likeness (QED) is 0.698. The van der Waals surface area contributed by atoms with Gasteiger partial charge in [-0.2, -0.15) is 4.99 Å². The van der Waals surface area contributed by atoms with Gasteiger partial charge in [0.15, 0.2) is 0 Å². The van der Waals surface area contributed by atoms with E-state index in [0.29, 0.717) is 0 Å². The Bertz CT molecular complexity index is 1050. The van der Waals surface area contributed by atoms with E-state index < -0.39 is 5.69 Å². The number of nitrogens with one attached hydrogen (secondary N) is 2. The van der Waals surface area contributed by atoms with E-state index in [9.17, 15) is 4.79 Å². The first-order valence-corrected chi connectivity index (χ1v) is 6.49. The highest BCUT2D eigenvalue weighted by atomic mass is 16.1. The number of benzene rings is 1. The Kier molecular flexibility index (Phi) is 2.72. The molecule has 0 fully saturated rings. The van der Waals surface area contributed by atoms with Crippen molar-refractivity contribution in [2.75, 3.05) is 0 Å². The predicted molar refractivity (Wildman–Crippen MR) is 78.3 cm³/mol. The molecule has 1 aliphatic rings. The number of aromatic amines is 2. The van der Waals surface area contributed by atoms with Gasteiger partial charge in [0.05, 0.1) is 10.7 Å². The zero-order valence-electron chi connectivity index (χ0n) is 11.2. The monoisotopic (exact) mass is 291 g/mol. The average Bonchev–Trinajstić information content (AvgIpc) is 3.13. The number of aliphatic imine (C=N–C) groups is 1. The molecular weight excluding hydrogens is 282 g/mol. The largest absolute Gasteiger partial charge is 0.342 e. The van der Waals surface area contributed by atoms with Gasteiger partial charge in [0.25, 0.3) is 11.9 Å². The number of aromatic nitrogens is 4. The van der Waals surface area contributed by atoms with Crippen LogP contribution in [-0.4, -0.2) is 26.1 Å². The number of pyridine rings is 1. The van der Waals surface area contributed by atoms with Crippen molar-refractivity contribution in [3.05, 3.63) is 63.9 Å². The molecule has 2 aromatic heterocycles. The number of hydrogen-bond acceptors (Lipinski definition) is 4. The summed E-state index contributed by atoms with van der Waals surface area (Å²) in [6, 6.07) is 9.60. The van der Waals surface area contributed by atoms with Gasteiger partial charge in [-0.25, -0.2) is 19.9 Å². The Hall–Kier alpha value is -3.42. The fourth-order valence-electron chi connectivity index (χ4n) is 2.12. The Balaban J connectivity index is 1.77. The lowest BCUT2D eigenvalue weighted by molar-refractivity contribution is 1.05. The molecule has 0 radical (unpaired) electrons. The third-order valence-corrected chi connectivity index (χ3v) is 3.11. The van der Waals surface area contributed by atoms with E-state index in [0.717, 1.165) is 21.8 Å². The third-order valence-electron chi connectivity index (χ3n) is 3.11. The molecule has 0 saturated heterocycles. The second kappa shape index (κ2) is 4.85. The lowest BCUT2D eigenvalue weighted by Gasteiger charge is -1.98. The Labute approximate surface area is 123 Å². The maximum absolute atomic E-state index is 11.0. The van der Waals surface area contributed by atoms with E-state index in [4.69, 9.17) is 0 Å². The summed E-state index contributed by atoms with van der Waals surface area (Å²) in [4.78, 5) is 30.2. The topological polar surface area (TPSA) is 112 Å². The minimum Gasteiger partial charge on any atom is -0.273 e. The van der Waals surface area contributed by atoms with Crippen LogP contribution >= 0.6 is 0 Å². The van der Waals surface area contributed by atoms with Crippen molar-refractivity contribution < 1.29 is 0 Å². The van der Waals surface area contributed by atoms with Crippen LogP contribution in [0.25, 0.3) is 11.1 Å². The number of nitrogens with zero attached hydrogens (tertiary/aromatic N) is 5. The van der Waals surface area contributed by atoms with Crippen molar-refractivity contribution in [3.63, 3.8) is 0 Å². The maximum atomic E-state index is 11.0. The van der Waals surface area contributed by atoms with Crippen LogP contribution in [-0.2, 0) is 0 Å². The lowest BCUT2D eigenvalue weighted by Crippen LogP contribution is -2.20. The molecule has 0 spiro atoms. The number of guanidine groups is 1. The van der Waals surface area contributed by atoms with Crippen LogP contribution in [0.2, 0.25) is 0 Å². The van der Waals surface area contributed by atoms with E-state index in [-0.39, 0.29) is 11.9 Å². The summed E-state index contributed by atoms with van der Waals surface area (Å²) in [6.45, 7) is 0. The number of rotatable bonds is 2. The van der Waals surface area contributed by atoms with Crippen LogP contribution in [0.3, 0.4) is 0 Å². The molecule has 3 aromatic rings. The predicted octanol–water partition coefficient (Wildman–Crippen LogP) is 0.100. The molecule has 106 valence electrons. The lowest BCUT2D eigenvalue weighted by atomic mass is 10.1. The molecule has 8 heteroatoms. The molecule has 0 saturated carbocycles. The molecule has 1 aliphatic heterocycles. The van der Waals surface area contributed by atoms with E-state index in [1.165, 1.54) is 0 Å². The van der Waals surface area contributed by atoms with E-state index >= 15 is 0 Å². The highest BCUT2D eigenvalue weighted by molar-refractivity contribution is 5.85. The smallest absolute Gasteiger partial charge is 0.273 e. The molecule has 0 bridgehead atoms. The molecular formula is C14H9N7O. The van der Waals surface area contributed by atoms with Gasteiger partial charge in [0.2, 0.25) is 0 Å². The van der Waals surface area contributed by atoms with Crippen LogP contribution < -0.4 is 16.4 Å². The highest BCUT2D eigenvalue weighted by Gasteiger charge is 2.07. The standard InChI is InChI=1S/C14H9N7O/c22-14-19-13(20-21-14)18-12-16-10-4-3-8(6-11(10)17-12)9-2-1-5-15-7-9/h1-7H,(H2,19,20,21,22). The number of H-pyrrole nitrogens is 2. The molecule has 3 heterocycles. The average molecular weight is 291 g/mol. The van der Waals surface area contributed by atoms with Crippen LogP contribution in [0.5, 0.6) is 0 Å². The highest BCUT2D eigenvalue weighted by Crippen LogP contribution is 2.14. The van der Waals surface area contributed by atoms with Gasteiger partial charge in [-0.1, -0.05) is 12.1 Å². The second-order valence-corrected chi connectivity index (χ2v) is 4.58. The van der Waals surface area contributed by atoms with Gasteiger partial charge >= 0.3 is 5.69 Å². The Morgan fingerprint density at radius 1 is 1.05 bits per heavy atom. The van der Waals surface area contributed by atoms with Crippen LogP contribution in [0.1, 0.15) is 0 Å². The van der Waals surface area contributed by atoms with Gasteiger partial charge < -0.3 is 0 Å². The fraction of sp³-hybridized carbons (Fsp3) is 0. The van der Waals surface area contributed by atoms with E-state index in [2.05, 4.69) is 35.1 Å². The number of fused-ring (bicyclic) bond motifs is 1. The second-order valence-electron chi connectivity index (χ2n) is 4.58. The summed E-state index contributed by atoms with van der Waals surface area (Å²) in [6.07, 6.45) is 3.52. The fourth-order valence-corrected chi connectivity index (χ4v) is 2.12. The molecule has 0 amide bonds. The first-order valence-electron chi connectivity index (χ1n) is 6.49. The van der Waals surface area contributed by atoms with E-state index in [1.807, 2.05) is 30.3 Å². The normalized spacial score (nSPS) is 14.5. The van der Waals surface area contributed by atoms with Gasteiger partial charge in [0.1, 0.15) is 0 Å². The van der Waals surface area contributed by atoms with Crippen molar-refractivity contribution in [2.24, 2.45) is 15.0 Å². The molecule has 4 rings (SSSR count). The zero-order valence-corrected chi connectivity index (χ0v) is 11.2. The van der Waals surface area contributed by atoms with Gasteiger partial charge in [0, 0.05) is 18.0 Å². The van der Waals surface area contributed by atoms with Crippen LogP contribution in [0.4, 0.5) is 5.95 Å². The summed E-state index contributed by atoms with van der Waals surface area (Å²) in [5.41, 5.74) is 1.58.